The van der Waals surface area contributed by atoms with Crippen molar-refractivity contribution in [2.45, 2.75) is 48.3 Å². The fourth-order valence-corrected chi connectivity index (χ4v) is 5.13. The van der Waals surface area contributed by atoms with E-state index in [1.165, 1.54) is 24.2 Å². The first kappa shape index (κ1) is 24.9. The molecule has 172 valence electrons. The lowest BCUT2D eigenvalue weighted by atomic mass is 10.1. The molecule has 0 aromatic heterocycles. The van der Waals surface area contributed by atoms with Crippen molar-refractivity contribution in [1.29, 1.82) is 0 Å². The molecular formula is C25H33IN4OS. The normalized spacial score (nSPS) is 17.3. The molecule has 0 radical (unpaired) electrons. The van der Waals surface area contributed by atoms with Crippen LogP contribution in [0.3, 0.4) is 0 Å². The van der Waals surface area contributed by atoms with Crippen molar-refractivity contribution in [2.75, 3.05) is 26.7 Å². The van der Waals surface area contributed by atoms with Gasteiger partial charge in [0.1, 0.15) is 0 Å². The van der Waals surface area contributed by atoms with Crippen LogP contribution in [0.5, 0.6) is 0 Å². The van der Waals surface area contributed by atoms with Gasteiger partial charge in [-0.3, -0.25) is 9.79 Å². The molecule has 0 bridgehead atoms. The van der Waals surface area contributed by atoms with Crippen molar-refractivity contribution in [3.63, 3.8) is 0 Å². The lowest BCUT2D eigenvalue weighted by Crippen LogP contribution is -2.40. The molecule has 0 spiro atoms. The number of guanidine groups is 1. The van der Waals surface area contributed by atoms with Crippen LogP contribution in [0.25, 0.3) is 0 Å². The average molecular weight is 565 g/mol. The first-order valence-corrected chi connectivity index (χ1v) is 12.1. The first-order valence-electron chi connectivity index (χ1n) is 11.2. The number of nitrogens with zero attached hydrogens (tertiary/aromatic N) is 2. The van der Waals surface area contributed by atoms with Crippen LogP contribution in [-0.4, -0.2) is 48.2 Å². The molecule has 4 rings (SSSR count). The Bertz CT molecular complexity index is 894. The van der Waals surface area contributed by atoms with Gasteiger partial charge in [0.2, 0.25) is 0 Å². The van der Waals surface area contributed by atoms with Gasteiger partial charge in [-0.25, -0.2) is 0 Å². The molecule has 2 fully saturated rings. The van der Waals surface area contributed by atoms with Crippen LogP contribution in [0.2, 0.25) is 0 Å². The maximum atomic E-state index is 12.6. The van der Waals surface area contributed by atoms with Crippen LogP contribution in [0.15, 0.2) is 64.5 Å². The van der Waals surface area contributed by atoms with Crippen molar-refractivity contribution in [2.24, 2.45) is 4.99 Å². The largest absolute Gasteiger partial charge is 0.355 e. The molecule has 2 aromatic rings. The highest BCUT2D eigenvalue weighted by molar-refractivity contribution is 14.0. The van der Waals surface area contributed by atoms with Gasteiger partial charge in [-0.2, -0.15) is 0 Å². The number of hydrogen-bond donors (Lipinski definition) is 2. The Morgan fingerprint density at radius 3 is 2.31 bits per heavy atom. The molecule has 32 heavy (non-hydrogen) atoms. The molecule has 7 heteroatoms. The molecule has 1 amide bonds. The maximum Gasteiger partial charge on any atom is 0.253 e. The molecule has 2 aromatic carbocycles. The summed E-state index contributed by atoms with van der Waals surface area (Å²) in [6, 6.07) is 18.6. The van der Waals surface area contributed by atoms with Crippen LogP contribution in [0, 0.1) is 0 Å². The zero-order valence-electron chi connectivity index (χ0n) is 18.7. The van der Waals surface area contributed by atoms with Gasteiger partial charge in [0.05, 0.1) is 0 Å². The Morgan fingerprint density at radius 1 is 1.00 bits per heavy atom. The highest BCUT2D eigenvalue weighted by Crippen LogP contribution is 2.51. The molecule has 1 heterocycles. The molecule has 1 saturated carbocycles. The fourth-order valence-electron chi connectivity index (χ4n) is 3.89. The highest BCUT2D eigenvalue weighted by Gasteiger charge is 2.43. The Labute approximate surface area is 212 Å². The summed E-state index contributed by atoms with van der Waals surface area (Å²) in [7, 11) is 1.81. The number of thioether (sulfide) groups is 1. The van der Waals surface area contributed by atoms with E-state index in [0.717, 1.165) is 49.6 Å². The number of hydrogen-bond acceptors (Lipinski definition) is 3. The van der Waals surface area contributed by atoms with Crippen molar-refractivity contribution >= 4 is 47.6 Å². The van der Waals surface area contributed by atoms with Crippen molar-refractivity contribution in [3.05, 3.63) is 65.7 Å². The minimum Gasteiger partial charge on any atom is -0.355 e. The lowest BCUT2D eigenvalue weighted by Gasteiger charge is -2.26. The third-order valence-electron chi connectivity index (χ3n) is 5.99. The third-order valence-corrected chi connectivity index (χ3v) is 7.48. The SMILES string of the molecule is CN=C(NCc1ccc(C(=O)N2CCCCC2)cc1)NCC1(Sc2ccccc2)CC1.I. The predicted molar refractivity (Wildman–Crippen MR) is 144 cm³/mol. The van der Waals surface area contributed by atoms with Crippen LogP contribution < -0.4 is 10.6 Å². The smallest absolute Gasteiger partial charge is 0.253 e. The summed E-state index contributed by atoms with van der Waals surface area (Å²) in [5, 5.41) is 6.89. The highest BCUT2D eigenvalue weighted by atomic mass is 127. The van der Waals surface area contributed by atoms with Gasteiger partial charge in [0.25, 0.3) is 5.91 Å². The Balaban J connectivity index is 0.00000289. The summed E-state index contributed by atoms with van der Waals surface area (Å²) in [4.78, 5) is 20.3. The maximum absolute atomic E-state index is 12.6. The summed E-state index contributed by atoms with van der Waals surface area (Å²) in [6.07, 6.45) is 5.91. The van der Waals surface area contributed by atoms with E-state index < -0.39 is 0 Å². The molecule has 5 nitrogen and oxygen atoms in total. The number of amides is 1. The molecule has 2 N–H and O–H groups in total. The van der Waals surface area contributed by atoms with Gasteiger partial charge in [0, 0.05) is 48.4 Å². The van der Waals surface area contributed by atoms with E-state index in [1.54, 1.807) is 7.05 Å². The Kier molecular flexibility index (Phi) is 9.28. The first-order chi connectivity index (χ1) is 15.2. The van der Waals surface area contributed by atoms with Crippen molar-refractivity contribution in [1.82, 2.24) is 15.5 Å². The van der Waals surface area contributed by atoms with Gasteiger partial charge in [0.15, 0.2) is 5.96 Å². The summed E-state index contributed by atoms with van der Waals surface area (Å²) in [5.41, 5.74) is 1.92. The molecule has 1 aliphatic heterocycles. The van der Waals surface area contributed by atoms with E-state index in [9.17, 15) is 4.79 Å². The molecule has 0 atom stereocenters. The zero-order valence-corrected chi connectivity index (χ0v) is 21.8. The number of halogens is 1. The van der Waals surface area contributed by atoms with Gasteiger partial charge in [-0.05, 0) is 61.9 Å². The lowest BCUT2D eigenvalue weighted by molar-refractivity contribution is 0.0724. The number of carbonyl (C=O) groups excluding carboxylic acids is 1. The number of nitrogens with one attached hydrogen (secondary N) is 2. The number of likely N-dealkylation sites (tertiary alicyclic amines) is 1. The minimum absolute atomic E-state index is 0. The summed E-state index contributed by atoms with van der Waals surface area (Å²) in [6.45, 7) is 3.34. The molecule has 1 saturated heterocycles. The van der Waals surface area contributed by atoms with E-state index in [2.05, 4.69) is 46.0 Å². The predicted octanol–water partition coefficient (Wildman–Crippen LogP) is 4.92. The van der Waals surface area contributed by atoms with E-state index in [-0.39, 0.29) is 34.6 Å². The number of carbonyl (C=O) groups is 1. The standard InChI is InChI=1S/C25H32N4OS.HI/c1-26-24(28-19-25(14-15-25)31-22-8-4-2-5-9-22)27-18-20-10-12-21(13-11-20)23(30)29-16-6-3-7-17-29;/h2,4-5,8-13H,3,6-7,14-19H2,1H3,(H2,26,27,28);1H. The molecular weight excluding hydrogens is 531 g/mol. The second-order valence-electron chi connectivity index (χ2n) is 8.43. The monoisotopic (exact) mass is 564 g/mol. The van der Waals surface area contributed by atoms with Crippen LogP contribution in [-0.2, 0) is 6.54 Å². The van der Waals surface area contributed by atoms with Gasteiger partial charge >= 0.3 is 0 Å². The van der Waals surface area contributed by atoms with Crippen molar-refractivity contribution < 1.29 is 4.79 Å². The summed E-state index contributed by atoms with van der Waals surface area (Å²) < 4.78 is 0.273. The second-order valence-corrected chi connectivity index (χ2v) is 9.97. The molecule has 1 aliphatic carbocycles. The van der Waals surface area contributed by atoms with Gasteiger partial charge in [-0.15, -0.1) is 35.7 Å². The fraction of sp³-hybridized carbons (Fsp3) is 0.440. The van der Waals surface area contributed by atoms with E-state index in [4.69, 9.17) is 0 Å². The quantitative estimate of drug-likeness (QED) is 0.285. The molecule has 2 aliphatic rings. The minimum atomic E-state index is 0. The Morgan fingerprint density at radius 2 is 1.69 bits per heavy atom. The topological polar surface area (TPSA) is 56.7 Å². The van der Waals surface area contributed by atoms with E-state index in [1.807, 2.05) is 40.9 Å². The van der Waals surface area contributed by atoms with Crippen molar-refractivity contribution in [3.8, 4) is 0 Å². The number of aliphatic imine (C=N–C) groups is 1. The van der Waals surface area contributed by atoms with Crippen LogP contribution in [0.4, 0.5) is 0 Å². The number of rotatable bonds is 7. The Hall–Kier alpha value is -1.74. The van der Waals surface area contributed by atoms with Gasteiger partial charge < -0.3 is 15.5 Å². The van der Waals surface area contributed by atoms with Crippen LogP contribution in [0.1, 0.15) is 48.0 Å². The summed E-state index contributed by atoms with van der Waals surface area (Å²) >= 11 is 1.96. The zero-order chi connectivity index (χ0) is 21.5. The molecule has 0 unspecified atom stereocenters. The van der Waals surface area contributed by atoms with Crippen LogP contribution >= 0.6 is 35.7 Å². The van der Waals surface area contributed by atoms with Gasteiger partial charge in [-0.1, -0.05) is 30.3 Å². The number of piperidine rings is 1. The second kappa shape index (κ2) is 11.9. The summed E-state index contributed by atoms with van der Waals surface area (Å²) in [5.74, 6) is 0.968. The third kappa shape index (κ3) is 6.88. The average Bonchev–Trinajstić information content (AvgIpc) is 3.59. The van der Waals surface area contributed by atoms with E-state index >= 15 is 0 Å². The van der Waals surface area contributed by atoms with E-state index in [0.29, 0.717) is 6.54 Å². The number of benzene rings is 2.